The Hall–Kier alpha value is -8.74. The molecule has 2 aliphatic heterocycles. The number of halogens is 3. The van der Waals surface area contributed by atoms with Crippen LogP contribution in [0.3, 0.4) is 0 Å². The molecule has 0 unspecified atom stereocenters. The predicted octanol–water partition coefficient (Wildman–Crippen LogP) is 10.4. The molecule has 2 saturated heterocycles. The third kappa shape index (κ3) is 11.9. The number of nitriles is 1. The molecule has 0 saturated carbocycles. The number of hydrazine groups is 1. The van der Waals surface area contributed by atoms with Crippen LogP contribution in [0, 0.1) is 11.3 Å². The number of fused-ring (bicyclic) bond motifs is 2. The van der Waals surface area contributed by atoms with E-state index in [0.29, 0.717) is 90.3 Å². The van der Waals surface area contributed by atoms with Crippen LogP contribution in [0.15, 0.2) is 146 Å². The Morgan fingerprint density at radius 2 is 1.04 bits per heavy atom. The van der Waals surface area contributed by atoms with E-state index in [1.54, 1.807) is 79.1 Å². The van der Waals surface area contributed by atoms with Crippen molar-refractivity contribution in [1.29, 1.82) is 5.26 Å². The van der Waals surface area contributed by atoms with E-state index >= 15 is 0 Å². The van der Waals surface area contributed by atoms with Crippen molar-refractivity contribution in [2.45, 2.75) is 19.3 Å². The zero-order chi connectivity index (χ0) is 51.0. The van der Waals surface area contributed by atoms with Gasteiger partial charge in [0.05, 0.1) is 101 Å². The Labute approximate surface area is 422 Å². The monoisotopic (exact) mass is 1000 g/mol. The number of hydrogen-bond acceptors (Lipinski definition) is 13. The number of morpholine rings is 2. The van der Waals surface area contributed by atoms with Gasteiger partial charge in [-0.25, -0.2) is 19.6 Å². The Balaban J connectivity index is 0.914. The molecule has 74 heavy (non-hydrogen) atoms. The molecular formula is C54H46F3N11O6. The summed E-state index contributed by atoms with van der Waals surface area (Å²) in [5, 5.41) is 17.0. The number of benzene rings is 6. The Morgan fingerprint density at radius 1 is 0.581 bits per heavy atom. The van der Waals surface area contributed by atoms with Crippen LogP contribution in [0.4, 0.5) is 45.5 Å². The highest BCUT2D eigenvalue weighted by molar-refractivity contribution is 6.13. The van der Waals surface area contributed by atoms with Crippen LogP contribution in [0.2, 0.25) is 0 Å². The highest BCUT2D eigenvalue weighted by Crippen LogP contribution is 2.34. The van der Waals surface area contributed by atoms with Crippen LogP contribution in [0.25, 0.3) is 22.1 Å². The smallest absolute Gasteiger partial charge is 0.416 e. The van der Waals surface area contributed by atoms with E-state index < -0.39 is 23.8 Å². The normalized spacial score (nSPS) is 14.2. The van der Waals surface area contributed by atoms with E-state index in [1.165, 1.54) is 42.5 Å². The summed E-state index contributed by atoms with van der Waals surface area (Å²) in [7, 11) is 0. The second-order valence-electron chi connectivity index (χ2n) is 17.2. The summed E-state index contributed by atoms with van der Waals surface area (Å²) >= 11 is 0. The maximum Gasteiger partial charge on any atom is 0.416 e. The van der Waals surface area contributed by atoms with Gasteiger partial charge >= 0.3 is 18.2 Å². The first-order valence-electron chi connectivity index (χ1n) is 23.6. The number of nitrogens with one attached hydrogen (secondary N) is 2. The molecule has 374 valence electrons. The van der Waals surface area contributed by atoms with Gasteiger partial charge in [0.2, 0.25) is 0 Å². The predicted molar refractivity (Wildman–Crippen MR) is 270 cm³/mol. The summed E-state index contributed by atoms with van der Waals surface area (Å²) in [6, 6.07) is 33.6. The molecule has 0 radical (unpaired) electrons. The molecular weight excluding hydrogens is 956 g/mol. The summed E-state index contributed by atoms with van der Waals surface area (Å²) < 4.78 is 64.9. The van der Waals surface area contributed by atoms with Gasteiger partial charge in [-0.2, -0.15) is 28.5 Å². The quantitative estimate of drug-likeness (QED) is 0.110. The van der Waals surface area contributed by atoms with Crippen molar-refractivity contribution < 1.29 is 41.7 Å². The molecule has 4 heterocycles. The van der Waals surface area contributed by atoms with Crippen LogP contribution in [0.5, 0.6) is 23.0 Å². The Bertz CT molecular complexity index is 3330. The number of alkyl halides is 3. The van der Waals surface area contributed by atoms with Crippen molar-refractivity contribution in [1.82, 2.24) is 29.7 Å². The van der Waals surface area contributed by atoms with Crippen LogP contribution in [0.1, 0.15) is 22.5 Å². The van der Waals surface area contributed by atoms with Crippen molar-refractivity contribution in [3.8, 4) is 29.1 Å². The number of aromatic nitrogens is 4. The van der Waals surface area contributed by atoms with E-state index in [2.05, 4.69) is 30.4 Å². The molecule has 10 rings (SSSR count). The highest BCUT2D eigenvalue weighted by atomic mass is 19.4. The highest BCUT2D eigenvalue weighted by Gasteiger charge is 2.33. The first kappa shape index (κ1) is 48.9. The fourth-order valence-electron chi connectivity index (χ4n) is 8.30. The lowest BCUT2D eigenvalue weighted by molar-refractivity contribution is -0.137. The van der Waals surface area contributed by atoms with E-state index in [4.69, 9.17) is 28.9 Å². The lowest BCUT2D eigenvalue weighted by Gasteiger charge is -2.35. The molecule has 2 fully saturated rings. The third-order valence-electron chi connectivity index (χ3n) is 12.0. The number of nitrogens with zero attached hydrogens (tertiary/aromatic N) is 9. The number of rotatable bonds is 12. The SMILES string of the molecule is N#Cc1ccc(N(C(=O)Nc2ccc(Oc3ccc4ncc(CN5CCOCC5)nc4c3)cc2)N(C(=O)Nc2cccc(C(F)(F)F)c2)c2ccc(Oc3ccc4ncc(CN5CCOCC5)nc4c3)cc2)cc1. The van der Waals surface area contributed by atoms with Gasteiger partial charge in [0.15, 0.2) is 0 Å². The minimum absolute atomic E-state index is 0.107. The Morgan fingerprint density at radius 3 is 1.53 bits per heavy atom. The molecule has 2 N–H and O–H groups in total. The second kappa shape index (κ2) is 21.9. The molecule has 2 aromatic heterocycles. The van der Waals surface area contributed by atoms with Gasteiger partial charge in [0.25, 0.3) is 0 Å². The van der Waals surface area contributed by atoms with E-state index in [0.717, 1.165) is 65.8 Å². The molecule has 0 aliphatic carbocycles. The van der Waals surface area contributed by atoms with Crippen LogP contribution >= 0.6 is 0 Å². The van der Waals surface area contributed by atoms with Crippen LogP contribution in [-0.4, -0.2) is 94.4 Å². The number of urea groups is 2. The summed E-state index contributed by atoms with van der Waals surface area (Å²) in [6.07, 6.45) is -1.18. The van der Waals surface area contributed by atoms with Crippen molar-refractivity contribution >= 4 is 56.9 Å². The van der Waals surface area contributed by atoms with Gasteiger partial charge in [0.1, 0.15) is 23.0 Å². The zero-order valence-corrected chi connectivity index (χ0v) is 39.5. The molecule has 4 amide bonds. The summed E-state index contributed by atoms with van der Waals surface area (Å²) in [6.45, 7) is 7.16. The van der Waals surface area contributed by atoms with Gasteiger partial charge in [-0.3, -0.25) is 19.8 Å². The van der Waals surface area contributed by atoms with Crippen molar-refractivity contribution in [3.63, 3.8) is 0 Å². The van der Waals surface area contributed by atoms with Crippen LogP contribution in [-0.2, 0) is 28.7 Å². The van der Waals surface area contributed by atoms with Gasteiger partial charge < -0.3 is 29.6 Å². The lowest BCUT2D eigenvalue weighted by atomic mass is 10.2. The van der Waals surface area contributed by atoms with E-state index in [9.17, 15) is 28.0 Å². The number of anilines is 4. The fourth-order valence-corrected chi connectivity index (χ4v) is 8.30. The first-order chi connectivity index (χ1) is 36.0. The van der Waals surface area contributed by atoms with E-state index in [1.807, 2.05) is 12.1 Å². The summed E-state index contributed by atoms with van der Waals surface area (Å²) in [4.78, 5) is 52.6. The number of amides is 4. The maximum atomic E-state index is 14.7. The average molecular weight is 1000 g/mol. The van der Waals surface area contributed by atoms with Crippen LogP contribution < -0.4 is 30.1 Å². The third-order valence-corrected chi connectivity index (χ3v) is 12.0. The molecule has 8 aromatic rings. The summed E-state index contributed by atoms with van der Waals surface area (Å²) in [5.74, 6) is 1.76. The first-order valence-corrected chi connectivity index (χ1v) is 23.6. The van der Waals surface area contributed by atoms with Gasteiger partial charge in [-0.15, -0.1) is 0 Å². The number of hydrogen-bond donors (Lipinski definition) is 2. The minimum Gasteiger partial charge on any atom is -0.457 e. The van der Waals surface area contributed by atoms with Gasteiger partial charge in [0, 0.05) is 62.8 Å². The number of ether oxygens (including phenoxy) is 4. The van der Waals surface area contributed by atoms with E-state index in [-0.39, 0.29) is 22.6 Å². The number of carbonyl (C=O) groups is 2. The van der Waals surface area contributed by atoms with Crippen molar-refractivity contribution in [2.24, 2.45) is 0 Å². The topological polar surface area (TPSA) is 183 Å². The zero-order valence-electron chi connectivity index (χ0n) is 39.5. The largest absolute Gasteiger partial charge is 0.457 e. The molecule has 20 heteroatoms. The molecule has 2 aliphatic rings. The van der Waals surface area contributed by atoms with Gasteiger partial charge in [-0.05, 0) is 115 Å². The lowest BCUT2D eigenvalue weighted by Crippen LogP contribution is -2.53. The average Bonchev–Trinajstić information content (AvgIpc) is 3.41. The second-order valence-corrected chi connectivity index (χ2v) is 17.2. The Kier molecular flexibility index (Phi) is 14.5. The standard InChI is InChI=1S/C54H46F3N11O6/c55-54(56,57)37-2-1-3-39(28-37)64-53(70)68(43-10-14-45(15-11-43)74-47-17-19-49-51(30-47)62-41(33-60-49)35-66-22-26-72-27-23-66)67(42-8-4-36(31-58)5-9-42)52(69)63-38-6-12-44(13-7-38)73-46-16-18-48-50(29-46)61-40(32-59-48)34-65-20-24-71-25-21-65/h1-19,28-30,32-33H,20-27,34-35H2,(H,63,69)(H,64,70). The fraction of sp³-hybridized carbons (Fsp3) is 0.204. The molecule has 0 spiro atoms. The number of carbonyl (C=O) groups excluding carboxylic acids is 2. The molecule has 0 bridgehead atoms. The summed E-state index contributed by atoms with van der Waals surface area (Å²) in [5.41, 5.74) is 3.92. The minimum atomic E-state index is -4.70. The molecule has 0 atom stereocenters. The molecule has 6 aromatic carbocycles. The van der Waals surface area contributed by atoms with Crippen molar-refractivity contribution in [2.75, 3.05) is 73.3 Å². The maximum absolute atomic E-state index is 14.7. The molecule has 17 nitrogen and oxygen atoms in total. The van der Waals surface area contributed by atoms with Gasteiger partial charge in [-0.1, -0.05) is 6.07 Å². The van der Waals surface area contributed by atoms with Crippen molar-refractivity contribution in [3.05, 3.63) is 168 Å².